The van der Waals surface area contributed by atoms with E-state index in [4.69, 9.17) is 0 Å². The van der Waals surface area contributed by atoms with Crippen LogP contribution in [0.25, 0.3) is 0 Å². The van der Waals surface area contributed by atoms with Crippen LogP contribution < -0.4 is 10.6 Å². The Kier molecular flexibility index (Phi) is 3.78. The second-order valence-electron chi connectivity index (χ2n) is 4.67. The second kappa shape index (κ2) is 5.31. The maximum Gasteiger partial charge on any atom is 0.221 e. The number of nitrogens with zero attached hydrogens (tertiary/aromatic N) is 2. The molecule has 1 aromatic heterocycles. The zero-order chi connectivity index (χ0) is 12.3. The molecule has 0 bridgehead atoms. The van der Waals surface area contributed by atoms with Gasteiger partial charge in [0.2, 0.25) is 5.91 Å². The van der Waals surface area contributed by atoms with Crippen LogP contribution in [0.2, 0.25) is 0 Å². The number of nitrogens with one attached hydrogen (secondary N) is 2. The van der Waals surface area contributed by atoms with Crippen molar-refractivity contribution in [2.75, 3.05) is 6.54 Å². The van der Waals surface area contributed by atoms with Gasteiger partial charge in [0.1, 0.15) is 0 Å². The molecule has 0 radical (unpaired) electrons. The third-order valence-corrected chi connectivity index (χ3v) is 2.95. The standard InChI is InChI=1S/C12H20N4O/c1-9-10(8-16(2)15-9)7-14-12(17)5-6-13-11-3-4-11/h8,11,13H,3-7H2,1-2H3,(H,14,17). The largest absolute Gasteiger partial charge is 0.352 e. The Morgan fingerprint density at radius 2 is 2.35 bits per heavy atom. The van der Waals surface area contributed by atoms with E-state index in [1.165, 1.54) is 12.8 Å². The summed E-state index contributed by atoms with van der Waals surface area (Å²) in [5, 5.41) is 10.5. The van der Waals surface area contributed by atoms with E-state index in [2.05, 4.69) is 15.7 Å². The molecular weight excluding hydrogens is 216 g/mol. The van der Waals surface area contributed by atoms with Gasteiger partial charge in [0.25, 0.3) is 0 Å². The van der Waals surface area contributed by atoms with E-state index in [1.54, 1.807) is 4.68 Å². The zero-order valence-electron chi connectivity index (χ0n) is 10.5. The van der Waals surface area contributed by atoms with E-state index in [-0.39, 0.29) is 5.91 Å². The Hall–Kier alpha value is -1.36. The predicted octanol–water partition coefficient (Wildman–Crippen LogP) is 0.487. The molecule has 2 N–H and O–H groups in total. The number of rotatable bonds is 6. The van der Waals surface area contributed by atoms with Gasteiger partial charge in [-0.05, 0) is 19.8 Å². The Morgan fingerprint density at radius 3 is 2.94 bits per heavy atom. The van der Waals surface area contributed by atoms with Crippen molar-refractivity contribution in [3.05, 3.63) is 17.5 Å². The highest BCUT2D eigenvalue weighted by Gasteiger charge is 2.20. The summed E-state index contributed by atoms with van der Waals surface area (Å²) < 4.78 is 1.77. The monoisotopic (exact) mass is 236 g/mol. The maximum absolute atomic E-state index is 11.6. The fourth-order valence-electron chi connectivity index (χ4n) is 1.78. The first-order valence-electron chi connectivity index (χ1n) is 6.14. The van der Waals surface area contributed by atoms with Gasteiger partial charge < -0.3 is 10.6 Å². The van der Waals surface area contributed by atoms with Crippen molar-refractivity contribution >= 4 is 5.91 Å². The van der Waals surface area contributed by atoms with Crippen molar-refractivity contribution in [1.29, 1.82) is 0 Å². The number of hydrogen-bond acceptors (Lipinski definition) is 3. The first-order chi connectivity index (χ1) is 8.15. The Morgan fingerprint density at radius 1 is 1.59 bits per heavy atom. The molecule has 1 aliphatic rings. The van der Waals surface area contributed by atoms with Crippen molar-refractivity contribution in [3.8, 4) is 0 Å². The molecule has 1 heterocycles. The van der Waals surface area contributed by atoms with Gasteiger partial charge >= 0.3 is 0 Å². The molecule has 1 amide bonds. The van der Waals surface area contributed by atoms with E-state index in [0.29, 0.717) is 19.0 Å². The van der Waals surface area contributed by atoms with Gasteiger partial charge in [0.05, 0.1) is 5.69 Å². The summed E-state index contributed by atoms with van der Waals surface area (Å²) in [5.74, 6) is 0.0985. The molecule has 5 nitrogen and oxygen atoms in total. The van der Waals surface area contributed by atoms with Crippen LogP contribution in [0.3, 0.4) is 0 Å². The summed E-state index contributed by atoms with van der Waals surface area (Å²) in [7, 11) is 1.89. The Balaban J connectivity index is 1.66. The number of hydrogen-bond donors (Lipinski definition) is 2. The Labute approximate surface area is 102 Å². The average molecular weight is 236 g/mol. The molecule has 0 saturated heterocycles. The first kappa shape index (κ1) is 12.1. The minimum atomic E-state index is 0.0985. The molecule has 0 atom stereocenters. The van der Waals surface area contributed by atoms with Crippen LogP contribution in [0.15, 0.2) is 6.20 Å². The SMILES string of the molecule is Cc1nn(C)cc1CNC(=O)CCNC1CC1. The molecule has 94 valence electrons. The molecular formula is C12H20N4O. The third-order valence-electron chi connectivity index (χ3n) is 2.95. The normalized spacial score (nSPS) is 14.9. The molecule has 0 spiro atoms. The van der Waals surface area contributed by atoms with Gasteiger partial charge in [0.15, 0.2) is 0 Å². The fraction of sp³-hybridized carbons (Fsp3) is 0.667. The van der Waals surface area contributed by atoms with Gasteiger partial charge in [0, 0.05) is 44.4 Å². The van der Waals surface area contributed by atoms with Crippen molar-refractivity contribution in [2.45, 2.75) is 38.8 Å². The predicted molar refractivity (Wildman–Crippen MR) is 65.4 cm³/mol. The lowest BCUT2D eigenvalue weighted by atomic mass is 10.2. The second-order valence-corrected chi connectivity index (χ2v) is 4.67. The van der Waals surface area contributed by atoms with Crippen LogP contribution >= 0.6 is 0 Å². The van der Waals surface area contributed by atoms with E-state index in [0.717, 1.165) is 17.8 Å². The van der Waals surface area contributed by atoms with E-state index < -0.39 is 0 Å². The van der Waals surface area contributed by atoms with Crippen molar-refractivity contribution in [3.63, 3.8) is 0 Å². The number of aromatic nitrogens is 2. The van der Waals surface area contributed by atoms with Gasteiger partial charge in [-0.2, -0.15) is 5.10 Å². The van der Waals surface area contributed by atoms with Crippen LogP contribution in [-0.4, -0.2) is 28.3 Å². The van der Waals surface area contributed by atoms with Crippen LogP contribution in [-0.2, 0) is 18.4 Å². The lowest BCUT2D eigenvalue weighted by Crippen LogP contribution is -2.28. The number of carbonyl (C=O) groups is 1. The highest BCUT2D eigenvalue weighted by Crippen LogP contribution is 2.18. The lowest BCUT2D eigenvalue weighted by molar-refractivity contribution is -0.121. The molecule has 2 rings (SSSR count). The van der Waals surface area contributed by atoms with Crippen LogP contribution in [0, 0.1) is 6.92 Å². The van der Waals surface area contributed by atoms with Gasteiger partial charge in [-0.25, -0.2) is 0 Å². The third kappa shape index (κ3) is 3.85. The Bertz CT molecular complexity index is 395. The van der Waals surface area contributed by atoms with Crippen LogP contribution in [0.5, 0.6) is 0 Å². The van der Waals surface area contributed by atoms with Crippen molar-refractivity contribution in [1.82, 2.24) is 20.4 Å². The summed E-state index contributed by atoms with van der Waals surface area (Å²) in [4.78, 5) is 11.6. The first-order valence-corrected chi connectivity index (χ1v) is 6.14. The molecule has 1 fully saturated rings. The van der Waals surface area contributed by atoms with E-state index in [9.17, 15) is 4.79 Å². The summed E-state index contributed by atoms with van der Waals surface area (Å²) in [6.07, 6.45) is 5.01. The molecule has 1 aliphatic carbocycles. The molecule has 5 heteroatoms. The molecule has 0 aliphatic heterocycles. The molecule has 17 heavy (non-hydrogen) atoms. The van der Waals surface area contributed by atoms with Gasteiger partial charge in [-0.1, -0.05) is 0 Å². The molecule has 0 aromatic carbocycles. The van der Waals surface area contributed by atoms with E-state index >= 15 is 0 Å². The maximum atomic E-state index is 11.6. The fourth-order valence-corrected chi connectivity index (χ4v) is 1.78. The van der Waals surface area contributed by atoms with Crippen molar-refractivity contribution < 1.29 is 4.79 Å². The molecule has 0 unspecified atom stereocenters. The lowest BCUT2D eigenvalue weighted by Gasteiger charge is -2.05. The summed E-state index contributed by atoms with van der Waals surface area (Å²) in [6.45, 7) is 3.31. The van der Waals surface area contributed by atoms with E-state index in [1.807, 2.05) is 20.2 Å². The summed E-state index contributed by atoms with van der Waals surface area (Å²) in [5.41, 5.74) is 2.06. The van der Waals surface area contributed by atoms with Crippen molar-refractivity contribution in [2.24, 2.45) is 7.05 Å². The number of amides is 1. The van der Waals surface area contributed by atoms with Crippen LogP contribution in [0.1, 0.15) is 30.5 Å². The zero-order valence-corrected chi connectivity index (χ0v) is 10.5. The molecule has 1 aromatic rings. The summed E-state index contributed by atoms with van der Waals surface area (Å²) in [6, 6.07) is 0.670. The number of aryl methyl sites for hydroxylation is 2. The minimum Gasteiger partial charge on any atom is -0.352 e. The smallest absolute Gasteiger partial charge is 0.221 e. The average Bonchev–Trinajstić information content (AvgIpc) is 3.02. The summed E-state index contributed by atoms with van der Waals surface area (Å²) >= 11 is 0. The molecule has 1 saturated carbocycles. The quantitative estimate of drug-likeness (QED) is 0.755. The topological polar surface area (TPSA) is 59.0 Å². The number of carbonyl (C=O) groups excluding carboxylic acids is 1. The van der Waals surface area contributed by atoms with Gasteiger partial charge in [-0.3, -0.25) is 9.48 Å². The van der Waals surface area contributed by atoms with Crippen LogP contribution in [0.4, 0.5) is 0 Å². The highest BCUT2D eigenvalue weighted by atomic mass is 16.1. The minimum absolute atomic E-state index is 0.0985. The van der Waals surface area contributed by atoms with Gasteiger partial charge in [-0.15, -0.1) is 0 Å². The highest BCUT2D eigenvalue weighted by molar-refractivity contribution is 5.76.